The lowest BCUT2D eigenvalue weighted by Gasteiger charge is -2.10. The number of carbonyl (C=O) groups excluding carboxylic acids is 1. The molecule has 6 nitrogen and oxygen atoms in total. The highest BCUT2D eigenvalue weighted by molar-refractivity contribution is 9.10. The van der Waals surface area contributed by atoms with Gasteiger partial charge < -0.3 is 14.6 Å². The molecule has 136 valence electrons. The second-order valence-electron chi connectivity index (χ2n) is 5.65. The monoisotopic (exact) mass is 443 g/mol. The first-order valence-corrected chi connectivity index (χ1v) is 9.81. The molecule has 0 fully saturated rings. The van der Waals surface area contributed by atoms with Crippen LogP contribution in [0.15, 0.2) is 62.9 Å². The predicted octanol–water partition coefficient (Wildman–Crippen LogP) is 4.41. The van der Waals surface area contributed by atoms with Crippen LogP contribution in [0, 0.1) is 0 Å². The third kappa shape index (κ3) is 4.01. The lowest BCUT2D eigenvalue weighted by molar-refractivity contribution is -0.123. The highest BCUT2D eigenvalue weighted by atomic mass is 79.9. The molecule has 1 N–H and O–H groups in total. The fourth-order valence-electron chi connectivity index (χ4n) is 2.53. The summed E-state index contributed by atoms with van der Waals surface area (Å²) in [4.78, 5) is 17.2. The van der Waals surface area contributed by atoms with Crippen LogP contribution in [0.1, 0.15) is 5.89 Å². The highest BCUT2D eigenvalue weighted by Gasteiger charge is 2.12. The molecule has 2 aromatic carbocycles. The van der Waals surface area contributed by atoms with Crippen LogP contribution in [0.25, 0.3) is 21.5 Å². The minimum absolute atomic E-state index is 0.108. The quantitative estimate of drug-likeness (QED) is 0.477. The van der Waals surface area contributed by atoms with Gasteiger partial charge in [0, 0.05) is 0 Å². The van der Waals surface area contributed by atoms with Crippen molar-refractivity contribution in [2.75, 3.05) is 6.61 Å². The minimum atomic E-state index is -0.272. The van der Waals surface area contributed by atoms with E-state index in [1.54, 1.807) is 0 Å². The Morgan fingerprint density at radius 3 is 2.93 bits per heavy atom. The summed E-state index contributed by atoms with van der Waals surface area (Å²) in [6.07, 6.45) is 0. The molecular weight excluding hydrogens is 430 g/mol. The van der Waals surface area contributed by atoms with E-state index >= 15 is 0 Å². The smallest absolute Gasteiger partial charge is 0.258 e. The van der Waals surface area contributed by atoms with Gasteiger partial charge in [-0.2, -0.15) is 4.98 Å². The maximum atomic E-state index is 12.1. The number of ether oxygens (including phenoxy) is 1. The van der Waals surface area contributed by atoms with E-state index < -0.39 is 0 Å². The average Bonchev–Trinajstić information content (AvgIpc) is 3.37. The topological polar surface area (TPSA) is 77.2 Å². The molecule has 2 heterocycles. The number of nitrogens with one attached hydrogen (secondary N) is 1. The minimum Gasteiger partial charge on any atom is -0.483 e. The zero-order chi connectivity index (χ0) is 18.6. The normalized spacial score (nSPS) is 10.9. The number of aromatic nitrogens is 2. The number of rotatable bonds is 6. The molecule has 0 aliphatic carbocycles. The van der Waals surface area contributed by atoms with Crippen LogP contribution in [0.3, 0.4) is 0 Å². The third-order valence-corrected chi connectivity index (χ3v) is 5.52. The van der Waals surface area contributed by atoms with Crippen molar-refractivity contribution >= 4 is 43.9 Å². The van der Waals surface area contributed by atoms with Gasteiger partial charge in [-0.1, -0.05) is 41.6 Å². The molecule has 4 aromatic rings. The van der Waals surface area contributed by atoms with E-state index in [-0.39, 0.29) is 19.1 Å². The Hall–Kier alpha value is -2.71. The first kappa shape index (κ1) is 17.7. The van der Waals surface area contributed by atoms with E-state index in [0.29, 0.717) is 17.5 Å². The van der Waals surface area contributed by atoms with Crippen LogP contribution >= 0.6 is 27.3 Å². The standard InChI is InChI=1S/C19H14BrN3O3S/c20-18-13-5-2-1-4-12(13)7-8-14(18)25-11-16(24)21-10-17-22-19(23-26-17)15-6-3-9-27-15/h1-9H,10-11H2,(H,21,24). The van der Waals surface area contributed by atoms with Gasteiger partial charge in [-0.15, -0.1) is 11.3 Å². The molecular formula is C19H14BrN3O3S. The van der Waals surface area contributed by atoms with Crippen molar-refractivity contribution in [2.45, 2.75) is 6.54 Å². The predicted molar refractivity (Wildman–Crippen MR) is 107 cm³/mol. The number of amides is 1. The van der Waals surface area contributed by atoms with Gasteiger partial charge in [-0.05, 0) is 44.2 Å². The van der Waals surface area contributed by atoms with Crippen LogP contribution in [-0.4, -0.2) is 22.7 Å². The first-order chi connectivity index (χ1) is 13.2. The largest absolute Gasteiger partial charge is 0.483 e. The van der Waals surface area contributed by atoms with Crippen molar-refractivity contribution < 1.29 is 14.1 Å². The van der Waals surface area contributed by atoms with Crippen molar-refractivity contribution in [2.24, 2.45) is 0 Å². The Morgan fingerprint density at radius 1 is 1.19 bits per heavy atom. The number of halogens is 1. The number of thiophene rings is 1. The molecule has 0 aliphatic rings. The van der Waals surface area contributed by atoms with Crippen molar-refractivity contribution in [3.05, 3.63) is 64.3 Å². The van der Waals surface area contributed by atoms with Gasteiger partial charge in [0.1, 0.15) is 5.75 Å². The van der Waals surface area contributed by atoms with E-state index in [2.05, 4.69) is 31.4 Å². The van der Waals surface area contributed by atoms with Crippen LogP contribution in [0.5, 0.6) is 5.75 Å². The number of benzene rings is 2. The van der Waals surface area contributed by atoms with E-state index in [1.807, 2.05) is 53.9 Å². The Kier molecular flexibility index (Phi) is 5.17. The van der Waals surface area contributed by atoms with Crippen molar-refractivity contribution in [1.82, 2.24) is 15.5 Å². The van der Waals surface area contributed by atoms with E-state index in [0.717, 1.165) is 20.1 Å². The molecule has 0 radical (unpaired) electrons. The molecule has 2 aromatic heterocycles. The average molecular weight is 444 g/mol. The number of fused-ring (bicyclic) bond motifs is 1. The second-order valence-corrected chi connectivity index (χ2v) is 7.39. The lowest BCUT2D eigenvalue weighted by atomic mass is 10.1. The summed E-state index contributed by atoms with van der Waals surface area (Å²) >= 11 is 5.07. The van der Waals surface area contributed by atoms with Gasteiger partial charge in [0.05, 0.1) is 15.9 Å². The molecule has 0 bridgehead atoms. The summed E-state index contributed by atoms with van der Waals surface area (Å²) in [5.74, 6) is 1.21. The Balaban J connectivity index is 1.33. The number of carbonyl (C=O) groups is 1. The third-order valence-electron chi connectivity index (χ3n) is 3.83. The fourth-order valence-corrected chi connectivity index (χ4v) is 3.78. The van der Waals surface area contributed by atoms with Gasteiger partial charge in [-0.25, -0.2) is 0 Å². The number of hydrogen-bond donors (Lipinski definition) is 1. The summed E-state index contributed by atoms with van der Waals surface area (Å²) in [5, 5.41) is 10.7. The SMILES string of the molecule is O=C(COc1ccc2ccccc2c1Br)NCc1nc(-c2cccs2)no1. The van der Waals surface area contributed by atoms with Gasteiger partial charge in [0.25, 0.3) is 5.91 Å². The fraction of sp³-hybridized carbons (Fsp3) is 0.105. The van der Waals surface area contributed by atoms with Crippen molar-refractivity contribution in [3.63, 3.8) is 0 Å². The van der Waals surface area contributed by atoms with Crippen LogP contribution < -0.4 is 10.1 Å². The maximum Gasteiger partial charge on any atom is 0.258 e. The van der Waals surface area contributed by atoms with E-state index in [9.17, 15) is 4.79 Å². The Labute approximate surface area is 167 Å². The molecule has 0 saturated carbocycles. The second kappa shape index (κ2) is 7.89. The molecule has 8 heteroatoms. The highest BCUT2D eigenvalue weighted by Crippen LogP contribution is 2.32. The van der Waals surface area contributed by atoms with E-state index in [1.165, 1.54) is 11.3 Å². The van der Waals surface area contributed by atoms with Gasteiger partial charge in [0.15, 0.2) is 6.61 Å². The molecule has 27 heavy (non-hydrogen) atoms. The van der Waals surface area contributed by atoms with Gasteiger partial charge in [0.2, 0.25) is 11.7 Å². The Morgan fingerprint density at radius 2 is 2.07 bits per heavy atom. The van der Waals surface area contributed by atoms with E-state index in [4.69, 9.17) is 9.26 Å². The molecule has 4 rings (SSSR count). The summed E-state index contributed by atoms with van der Waals surface area (Å²) in [7, 11) is 0. The molecule has 1 amide bonds. The van der Waals surface area contributed by atoms with Crippen LogP contribution in [-0.2, 0) is 11.3 Å². The molecule has 0 spiro atoms. The van der Waals surface area contributed by atoms with Crippen molar-refractivity contribution in [1.29, 1.82) is 0 Å². The van der Waals surface area contributed by atoms with Crippen LogP contribution in [0.4, 0.5) is 0 Å². The maximum absolute atomic E-state index is 12.1. The first-order valence-electron chi connectivity index (χ1n) is 8.14. The molecule has 0 atom stereocenters. The summed E-state index contributed by atoms with van der Waals surface area (Å²) in [5.41, 5.74) is 0. The van der Waals surface area contributed by atoms with Gasteiger partial charge in [-0.3, -0.25) is 4.79 Å². The zero-order valence-corrected chi connectivity index (χ0v) is 16.4. The molecule has 0 unspecified atom stereocenters. The van der Waals surface area contributed by atoms with Crippen LogP contribution in [0.2, 0.25) is 0 Å². The summed E-state index contributed by atoms with van der Waals surface area (Å²) in [6, 6.07) is 15.6. The summed E-state index contributed by atoms with van der Waals surface area (Å²) in [6.45, 7) is 0.0440. The molecule has 0 saturated heterocycles. The number of nitrogens with zero attached hydrogens (tertiary/aromatic N) is 2. The van der Waals surface area contributed by atoms with Crippen molar-refractivity contribution in [3.8, 4) is 16.5 Å². The lowest BCUT2D eigenvalue weighted by Crippen LogP contribution is -2.28. The zero-order valence-electron chi connectivity index (χ0n) is 14.0. The number of hydrogen-bond acceptors (Lipinski definition) is 6. The Bertz CT molecular complexity index is 1080. The molecule has 0 aliphatic heterocycles. The summed E-state index contributed by atoms with van der Waals surface area (Å²) < 4.78 is 11.6. The van der Waals surface area contributed by atoms with Gasteiger partial charge >= 0.3 is 0 Å².